The lowest BCUT2D eigenvalue weighted by Crippen LogP contribution is -2.58. The van der Waals surface area contributed by atoms with Gasteiger partial charge in [0.05, 0.1) is 6.54 Å². The zero-order valence-electron chi connectivity index (χ0n) is 13.1. The molecule has 21 heavy (non-hydrogen) atoms. The molecule has 6 heteroatoms. The topological polar surface area (TPSA) is 18.5 Å². The minimum absolute atomic E-state index is 0.488. The van der Waals surface area contributed by atoms with Gasteiger partial charge in [-0.2, -0.15) is 13.2 Å². The van der Waals surface area contributed by atoms with Gasteiger partial charge in [0.15, 0.2) is 0 Å². The van der Waals surface area contributed by atoms with E-state index in [1.165, 1.54) is 30.6 Å². The van der Waals surface area contributed by atoms with Crippen LogP contribution < -0.4 is 5.32 Å². The summed E-state index contributed by atoms with van der Waals surface area (Å²) >= 11 is 0. The van der Waals surface area contributed by atoms with Crippen LogP contribution in [0.25, 0.3) is 0 Å². The molecule has 1 saturated carbocycles. The molecule has 2 aliphatic rings. The standard InChI is InChI=1S/C15H28F3N3/c1-3-12-4-5-13(19-2)14(10-12)21-8-6-20(7-9-21)11-15(16,17)18/h12-14,19H,3-11H2,1-2H3. The minimum Gasteiger partial charge on any atom is -0.315 e. The van der Waals surface area contributed by atoms with Crippen LogP contribution in [0.1, 0.15) is 32.6 Å². The van der Waals surface area contributed by atoms with Crippen molar-refractivity contribution < 1.29 is 13.2 Å². The fourth-order valence-electron chi connectivity index (χ4n) is 3.85. The third-order valence-corrected chi connectivity index (χ3v) is 5.15. The Hall–Kier alpha value is -0.330. The van der Waals surface area contributed by atoms with Crippen LogP contribution in [0.5, 0.6) is 0 Å². The van der Waals surface area contributed by atoms with Crippen molar-refractivity contribution in [2.24, 2.45) is 5.92 Å². The molecule has 3 atom stereocenters. The van der Waals surface area contributed by atoms with E-state index in [9.17, 15) is 13.2 Å². The third kappa shape index (κ3) is 4.83. The molecule has 124 valence electrons. The van der Waals surface area contributed by atoms with Gasteiger partial charge >= 0.3 is 6.18 Å². The summed E-state index contributed by atoms with van der Waals surface area (Å²) in [5.74, 6) is 0.771. The largest absolute Gasteiger partial charge is 0.401 e. The van der Waals surface area contributed by atoms with Gasteiger partial charge in [-0.1, -0.05) is 13.3 Å². The van der Waals surface area contributed by atoms with Crippen LogP contribution in [0.4, 0.5) is 13.2 Å². The lowest BCUT2D eigenvalue weighted by molar-refractivity contribution is -0.150. The summed E-state index contributed by atoms with van der Waals surface area (Å²) in [4.78, 5) is 3.95. The van der Waals surface area contributed by atoms with E-state index in [1.54, 1.807) is 0 Å². The van der Waals surface area contributed by atoms with Gasteiger partial charge in [-0.25, -0.2) is 0 Å². The fourth-order valence-corrected chi connectivity index (χ4v) is 3.85. The van der Waals surface area contributed by atoms with E-state index in [4.69, 9.17) is 0 Å². The van der Waals surface area contributed by atoms with Crippen molar-refractivity contribution in [1.29, 1.82) is 0 Å². The van der Waals surface area contributed by atoms with Crippen LogP contribution in [0, 0.1) is 5.92 Å². The van der Waals surface area contributed by atoms with Crippen LogP contribution in [-0.4, -0.2) is 67.8 Å². The highest BCUT2D eigenvalue weighted by Crippen LogP contribution is 2.30. The summed E-state index contributed by atoms with van der Waals surface area (Å²) in [6.45, 7) is 4.05. The lowest BCUT2D eigenvalue weighted by atomic mass is 9.80. The molecule has 0 aromatic rings. The molecule has 1 N–H and O–H groups in total. The molecule has 0 aromatic carbocycles. The SMILES string of the molecule is CCC1CCC(NC)C(N2CCN(CC(F)(F)F)CC2)C1. The van der Waals surface area contributed by atoms with Gasteiger partial charge in [0.2, 0.25) is 0 Å². The smallest absolute Gasteiger partial charge is 0.315 e. The van der Waals surface area contributed by atoms with Crippen LogP contribution >= 0.6 is 0 Å². The van der Waals surface area contributed by atoms with Gasteiger partial charge in [-0.05, 0) is 32.2 Å². The molecule has 3 nitrogen and oxygen atoms in total. The average Bonchev–Trinajstić information content (AvgIpc) is 2.45. The first-order valence-electron chi connectivity index (χ1n) is 8.13. The molecule has 0 aromatic heterocycles. The quantitative estimate of drug-likeness (QED) is 0.860. The number of rotatable bonds is 4. The summed E-state index contributed by atoms with van der Waals surface area (Å²) in [7, 11) is 2.00. The van der Waals surface area contributed by atoms with E-state index >= 15 is 0 Å². The van der Waals surface area contributed by atoms with E-state index in [2.05, 4.69) is 17.1 Å². The van der Waals surface area contributed by atoms with Crippen molar-refractivity contribution in [1.82, 2.24) is 15.1 Å². The normalized spacial score (nSPS) is 33.3. The van der Waals surface area contributed by atoms with Gasteiger partial charge in [-0.3, -0.25) is 9.80 Å². The molecule has 2 rings (SSSR count). The number of nitrogens with one attached hydrogen (secondary N) is 1. The Kier molecular flexibility index (Phi) is 5.91. The number of alkyl halides is 3. The molecule has 2 fully saturated rings. The Balaban J connectivity index is 1.87. The van der Waals surface area contributed by atoms with Crippen LogP contribution in [0.3, 0.4) is 0 Å². The van der Waals surface area contributed by atoms with E-state index in [0.717, 1.165) is 19.0 Å². The summed E-state index contributed by atoms with van der Waals surface area (Å²) in [6, 6.07) is 0.976. The van der Waals surface area contributed by atoms with E-state index in [1.807, 2.05) is 7.05 Å². The Morgan fingerprint density at radius 1 is 1.10 bits per heavy atom. The molecule has 1 aliphatic heterocycles. The predicted octanol–water partition coefficient (Wildman–Crippen LogP) is 2.33. The summed E-state index contributed by atoms with van der Waals surface area (Å²) in [6.07, 6.45) is 0.769. The number of hydrogen-bond acceptors (Lipinski definition) is 3. The summed E-state index contributed by atoms with van der Waals surface area (Å²) in [5, 5.41) is 3.41. The van der Waals surface area contributed by atoms with Gasteiger partial charge in [-0.15, -0.1) is 0 Å². The molecule has 0 bridgehead atoms. The highest BCUT2D eigenvalue weighted by molar-refractivity contribution is 4.92. The summed E-state index contributed by atoms with van der Waals surface area (Å²) in [5.41, 5.74) is 0. The van der Waals surface area contributed by atoms with Crippen LogP contribution in [0.15, 0.2) is 0 Å². The van der Waals surface area contributed by atoms with Crippen molar-refractivity contribution in [2.45, 2.75) is 50.9 Å². The number of piperazine rings is 1. The van der Waals surface area contributed by atoms with Crippen molar-refractivity contribution in [3.8, 4) is 0 Å². The highest BCUT2D eigenvalue weighted by Gasteiger charge is 2.36. The number of halogens is 3. The molecular formula is C15H28F3N3. The second-order valence-electron chi connectivity index (χ2n) is 6.48. The first-order valence-corrected chi connectivity index (χ1v) is 8.13. The Morgan fingerprint density at radius 3 is 2.29 bits per heavy atom. The zero-order valence-corrected chi connectivity index (χ0v) is 13.1. The van der Waals surface area contributed by atoms with Crippen molar-refractivity contribution >= 4 is 0 Å². The number of nitrogens with zero attached hydrogens (tertiary/aromatic N) is 2. The maximum absolute atomic E-state index is 12.4. The Morgan fingerprint density at radius 2 is 1.76 bits per heavy atom. The average molecular weight is 307 g/mol. The first-order chi connectivity index (χ1) is 9.93. The third-order valence-electron chi connectivity index (χ3n) is 5.15. The molecular weight excluding hydrogens is 279 g/mol. The van der Waals surface area contributed by atoms with E-state index < -0.39 is 12.7 Å². The molecule has 0 spiro atoms. The predicted molar refractivity (Wildman–Crippen MR) is 78.3 cm³/mol. The molecule has 1 saturated heterocycles. The van der Waals surface area contributed by atoms with Crippen LogP contribution in [-0.2, 0) is 0 Å². The van der Waals surface area contributed by atoms with E-state index in [0.29, 0.717) is 25.2 Å². The monoisotopic (exact) mass is 307 g/mol. The molecule has 1 aliphatic carbocycles. The van der Waals surface area contributed by atoms with Gasteiger partial charge < -0.3 is 5.32 Å². The van der Waals surface area contributed by atoms with Gasteiger partial charge in [0.25, 0.3) is 0 Å². The Labute approximate surface area is 125 Å². The van der Waals surface area contributed by atoms with Gasteiger partial charge in [0.1, 0.15) is 0 Å². The van der Waals surface area contributed by atoms with Gasteiger partial charge in [0, 0.05) is 38.3 Å². The molecule has 0 radical (unpaired) electrons. The van der Waals surface area contributed by atoms with Crippen molar-refractivity contribution in [3.05, 3.63) is 0 Å². The maximum atomic E-state index is 12.4. The maximum Gasteiger partial charge on any atom is 0.401 e. The first kappa shape index (κ1) is 17.0. The second kappa shape index (κ2) is 7.29. The number of hydrogen-bond donors (Lipinski definition) is 1. The highest BCUT2D eigenvalue weighted by atomic mass is 19.4. The Bertz CT molecular complexity index is 314. The number of likely N-dealkylation sites (N-methyl/N-ethyl adjacent to an activating group) is 1. The fraction of sp³-hybridized carbons (Fsp3) is 1.00. The lowest BCUT2D eigenvalue weighted by Gasteiger charge is -2.46. The van der Waals surface area contributed by atoms with E-state index in [-0.39, 0.29) is 0 Å². The van der Waals surface area contributed by atoms with Crippen molar-refractivity contribution in [3.63, 3.8) is 0 Å². The summed E-state index contributed by atoms with van der Waals surface area (Å²) < 4.78 is 37.3. The van der Waals surface area contributed by atoms with Crippen molar-refractivity contribution in [2.75, 3.05) is 39.8 Å². The zero-order chi connectivity index (χ0) is 15.5. The second-order valence-corrected chi connectivity index (χ2v) is 6.48. The molecule has 0 amide bonds. The molecule has 1 heterocycles. The van der Waals surface area contributed by atoms with Crippen LogP contribution in [0.2, 0.25) is 0 Å². The minimum atomic E-state index is -4.08. The molecule has 3 unspecified atom stereocenters.